The van der Waals surface area contributed by atoms with Crippen LogP contribution < -0.4 is 10.6 Å². The minimum Gasteiger partial charge on any atom is -0.496 e. The summed E-state index contributed by atoms with van der Waals surface area (Å²) in [5.41, 5.74) is 0.831. The molecule has 2 N–H and O–H groups in total. The summed E-state index contributed by atoms with van der Waals surface area (Å²) in [6.45, 7) is 0. The molecule has 0 bridgehead atoms. The van der Waals surface area contributed by atoms with Gasteiger partial charge >= 0.3 is 0 Å². The first kappa shape index (κ1) is 9.18. The second kappa shape index (κ2) is 4.87. The summed E-state index contributed by atoms with van der Waals surface area (Å²) in [6.07, 6.45) is 1.52. The highest BCUT2D eigenvalue weighted by Crippen LogP contribution is 2.14. The molecule has 1 aromatic carbocycles. The molecule has 0 aromatic heterocycles. The van der Waals surface area contributed by atoms with E-state index in [4.69, 9.17) is 10.6 Å². The molecule has 0 aliphatic heterocycles. The fraction of sp³-hybridized carbons (Fsp3) is 0.125. The molecule has 0 amide bonds. The van der Waals surface area contributed by atoms with Crippen LogP contribution in [0.3, 0.4) is 0 Å². The first-order valence-corrected chi connectivity index (χ1v) is 3.64. The van der Waals surface area contributed by atoms with Crippen molar-refractivity contribution in [3.05, 3.63) is 29.8 Å². The van der Waals surface area contributed by atoms with Crippen LogP contribution in [-0.2, 0) is 0 Å². The standard InChI is InChI=1S/C8H10N4O/c1-13-8-5-3-2-4-7(8)6-10-12-11-9/h2-6H,1H3,(H2,9,12). The molecule has 13 heavy (non-hydrogen) atoms. The molecule has 5 nitrogen and oxygen atoms in total. The van der Waals surface area contributed by atoms with Crippen molar-refractivity contribution in [2.45, 2.75) is 0 Å². The van der Waals surface area contributed by atoms with E-state index in [2.05, 4.69) is 15.5 Å². The van der Waals surface area contributed by atoms with Gasteiger partial charge in [0.25, 0.3) is 0 Å². The van der Waals surface area contributed by atoms with E-state index < -0.39 is 0 Å². The number of para-hydroxylation sites is 1. The number of rotatable bonds is 3. The summed E-state index contributed by atoms with van der Waals surface area (Å²) in [7, 11) is 1.59. The molecule has 5 heteroatoms. The van der Waals surface area contributed by atoms with Crippen LogP contribution in [0.4, 0.5) is 0 Å². The average Bonchev–Trinajstić information content (AvgIpc) is 2.19. The third-order valence-corrected chi connectivity index (χ3v) is 1.44. The third-order valence-electron chi connectivity index (χ3n) is 1.44. The van der Waals surface area contributed by atoms with Crippen molar-refractivity contribution in [3.8, 4) is 5.75 Å². The van der Waals surface area contributed by atoms with Crippen LogP contribution in [-0.4, -0.2) is 13.3 Å². The summed E-state index contributed by atoms with van der Waals surface area (Å²) in [4.78, 5) is 0. The first-order chi connectivity index (χ1) is 6.38. The molecule has 0 saturated carbocycles. The highest BCUT2D eigenvalue weighted by atomic mass is 16.5. The van der Waals surface area contributed by atoms with E-state index in [-0.39, 0.29) is 0 Å². The van der Waals surface area contributed by atoms with Gasteiger partial charge in [0.2, 0.25) is 0 Å². The second-order valence-corrected chi connectivity index (χ2v) is 2.19. The number of hydrogen-bond donors (Lipinski definition) is 1. The Morgan fingerprint density at radius 2 is 2.15 bits per heavy atom. The Morgan fingerprint density at radius 3 is 2.85 bits per heavy atom. The summed E-state index contributed by atoms with van der Waals surface area (Å²) in [6, 6.07) is 7.44. The van der Waals surface area contributed by atoms with Gasteiger partial charge in [0.05, 0.1) is 13.3 Å². The van der Waals surface area contributed by atoms with Crippen LogP contribution in [0, 0.1) is 0 Å². The topological polar surface area (TPSA) is 72.3 Å². The highest BCUT2D eigenvalue weighted by Gasteiger charge is 1.96. The monoisotopic (exact) mass is 178 g/mol. The zero-order valence-electron chi connectivity index (χ0n) is 7.21. The molecule has 1 rings (SSSR count). The lowest BCUT2D eigenvalue weighted by Gasteiger charge is -2.01. The molecule has 0 aliphatic rings. The van der Waals surface area contributed by atoms with Gasteiger partial charge in [-0.2, -0.15) is 0 Å². The predicted molar refractivity (Wildman–Crippen MR) is 49.6 cm³/mol. The Kier molecular flexibility index (Phi) is 3.44. The maximum atomic E-state index is 5.08. The van der Waals surface area contributed by atoms with Crippen molar-refractivity contribution in [1.82, 2.24) is 0 Å². The number of hydrogen-bond acceptors (Lipinski definition) is 3. The lowest BCUT2D eigenvalue weighted by atomic mass is 10.2. The lowest BCUT2D eigenvalue weighted by Crippen LogP contribution is -1.89. The van der Waals surface area contributed by atoms with Crippen molar-refractivity contribution in [2.24, 2.45) is 21.4 Å². The SMILES string of the molecule is COc1ccccc1C=NN=NN. The van der Waals surface area contributed by atoms with Gasteiger partial charge in [0.15, 0.2) is 0 Å². The van der Waals surface area contributed by atoms with Gasteiger partial charge in [-0.3, -0.25) is 0 Å². The van der Waals surface area contributed by atoms with Crippen LogP contribution in [0.15, 0.2) is 39.8 Å². The van der Waals surface area contributed by atoms with Gasteiger partial charge < -0.3 is 10.6 Å². The summed E-state index contributed by atoms with van der Waals surface area (Å²) in [5, 5.41) is 9.85. The Labute approximate surface area is 75.9 Å². The first-order valence-electron chi connectivity index (χ1n) is 3.64. The second-order valence-electron chi connectivity index (χ2n) is 2.19. The van der Waals surface area contributed by atoms with E-state index in [1.165, 1.54) is 6.21 Å². The van der Waals surface area contributed by atoms with Crippen LogP contribution in [0.1, 0.15) is 5.56 Å². The van der Waals surface area contributed by atoms with Gasteiger partial charge in [-0.1, -0.05) is 17.4 Å². The smallest absolute Gasteiger partial charge is 0.127 e. The average molecular weight is 178 g/mol. The van der Waals surface area contributed by atoms with E-state index in [1.54, 1.807) is 7.11 Å². The molecular formula is C8H10N4O. The molecule has 0 aliphatic carbocycles. The van der Waals surface area contributed by atoms with Crippen molar-refractivity contribution < 1.29 is 4.74 Å². The van der Waals surface area contributed by atoms with Gasteiger partial charge in [-0.05, 0) is 17.4 Å². The van der Waals surface area contributed by atoms with Crippen molar-refractivity contribution in [3.63, 3.8) is 0 Å². The molecule has 0 atom stereocenters. The number of methoxy groups -OCH3 is 1. The van der Waals surface area contributed by atoms with Crippen molar-refractivity contribution in [1.29, 1.82) is 0 Å². The summed E-state index contributed by atoms with van der Waals surface area (Å²) >= 11 is 0. The molecule has 0 saturated heterocycles. The zero-order valence-corrected chi connectivity index (χ0v) is 7.21. The van der Waals surface area contributed by atoms with Gasteiger partial charge in [-0.15, -0.1) is 5.10 Å². The van der Waals surface area contributed by atoms with Crippen LogP contribution >= 0.6 is 0 Å². The minimum atomic E-state index is 0.735. The fourth-order valence-corrected chi connectivity index (χ4v) is 0.891. The number of benzene rings is 1. The third kappa shape index (κ3) is 2.55. The number of ether oxygens (including phenoxy) is 1. The van der Waals surface area contributed by atoms with E-state index in [0.717, 1.165) is 11.3 Å². The van der Waals surface area contributed by atoms with Crippen molar-refractivity contribution >= 4 is 6.21 Å². The summed E-state index contributed by atoms with van der Waals surface area (Å²) in [5.74, 6) is 5.51. The Hall–Kier alpha value is -1.91. The molecule has 0 heterocycles. The van der Waals surface area contributed by atoms with E-state index in [0.29, 0.717) is 0 Å². The van der Waals surface area contributed by atoms with E-state index in [1.807, 2.05) is 24.3 Å². The maximum absolute atomic E-state index is 5.08. The number of nitrogens with two attached hydrogens (primary N) is 1. The van der Waals surface area contributed by atoms with E-state index in [9.17, 15) is 0 Å². The van der Waals surface area contributed by atoms with Crippen LogP contribution in [0.5, 0.6) is 5.75 Å². The molecule has 0 fully saturated rings. The normalized spacial score (nSPS) is 11.2. The van der Waals surface area contributed by atoms with Crippen LogP contribution in [0.25, 0.3) is 0 Å². The maximum Gasteiger partial charge on any atom is 0.127 e. The highest BCUT2D eigenvalue weighted by molar-refractivity contribution is 5.83. The van der Waals surface area contributed by atoms with Gasteiger partial charge in [0, 0.05) is 5.56 Å². The lowest BCUT2D eigenvalue weighted by molar-refractivity contribution is 0.414. The number of nitrogens with zero attached hydrogens (tertiary/aromatic N) is 3. The fourth-order valence-electron chi connectivity index (χ4n) is 0.891. The molecule has 1 aromatic rings. The van der Waals surface area contributed by atoms with Gasteiger partial charge in [-0.25, -0.2) is 0 Å². The summed E-state index contributed by atoms with van der Waals surface area (Å²) < 4.78 is 5.08. The molecule has 0 spiro atoms. The largest absolute Gasteiger partial charge is 0.496 e. The predicted octanol–water partition coefficient (Wildman–Crippen LogP) is 1.35. The quantitative estimate of drug-likeness (QED) is 0.328. The Balaban J connectivity index is 2.86. The minimum absolute atomic E-state index is 0.735. The van der Waals surface area contributed by atoms with Gasteiger partial charge in [0.1, 0.15) is 5.75 Å². The molecule has 68 valence electrons. The Morgan fingerprint density at radius 1 is 1.38 bits per heavy atom. The molecule has 0 unspecified atom stereocenters. The van der Waals surface area contributed by atoms with Crippen LogP contribution in [0.2, 0.25) is 0 Å². The van der Waals surface area contributed by atoms with E-state index >= 15 is 0 Å². The zero-order chi connectivity index (χ0) is 9.52. The Bertz CT molecular complexity index is 322. The molecular weight excluding hydrogens is 168 g/mol. The van der Waals surface area contributed by atoms with Crippen molar-refractivity contribution in [2.75, 3.05) is 7.11 Å². The molecule has 0 radical (unpaired) electrons.